The van der Waals surface area contributed by atoms with Gasteiger partial charge in [-0.05, 0) is 13.0 Å². The van der Waals surface area contributed by atoms with E-state index in [4.69, 9.17) is 0 Å². The fraction of sp³-hybridized carbons (Fsp3) is 0.267. The first-order chi connectivity index (χ1) is 11.8. The molecule has 0 aliphatic carbocycles. The first-order valence-corrected chi connectivity index (χ1v) is 7.24. The van der Waals surface area contributed by atoms with Crippen LogP contribution in [0.5, 0.6) is 0 Å². The van der Waals surface area contributed by atoms with Crippen LogP contribution in [0, 0.1) is 5.82 Å². The predicted molar refractivity (Wildman–Crippen MR) is 81.1 cm³/mol. The average Bonchev–Trinajstić information content (AvgIpc) is 2.91. The Morgan fingerprint density at radius 1 is 1.24 bits per heavy atom. The Kier molecular flexibility index (Phi) is 4.29. The van der Waals surface area contributed by atoms with Gasteiger partial charge in [-0.25, -0.2) is 19.3 Å². The van der Waals surface area contributed by atoms with E-state index in [9.17, 15) is 22.7 Å². The largest absolute Gasteiger partial charge is 0.451 e. The summed E-state index contributed by atoms with van der Waals surface area (Å²) in [6, 6.07) is 5.90. The lowest BCUT2D eigenvalue weighted by atomic mass is 10.2. The monoisotopic (exact) mass is 355 g/mol. The van der Waals surface area contributed by atoms with E-state index < -0.39 is 24.0 Å². The van der Waals surface area contributed by atoms with Gasteiger partial charge in [0.05, 0.1) is 12.9 Å². The highest BCUT2D eigenvalue weighted by atomic mass is 19.4. The van der Waals surface area contributed by atoms with Gasteiger partial charge in [0.1, 0.15) is 12.0 Å². The molecule has 0 aliphatic rings. The minimum Gasteiger partial charge on any atom is -0.374 e. The van der Waals surface area contributed by atoms with Crippen molar-refractivity contribution in [2.75, 3.05) is 5.32 Å². The SMILES string of the molecule is CC(O)Nc1nc(C(F)(F)F)nc2c1ncn2Cc1ccccc1F. The number of halogens is 4. The highest BCUT2D eigenvalue weighted by Crippen LogP contribution is 2.30. The number of alkyl halides is 3. The highest BCUT2D eigenvalue weighted by molar-refractivity contribution is 5.83. The van der Waals surface area contributed by atoms with Crippen LogP contribution in [0.3, 0.4) is 0 Å². The number of aliphatic hydroxyl groups excluding tert-OH is 1. The first kappa shape index (κ1) is 17.1. The molecule has 0 spiro atoms. The summed E-state index contributed by atoms with van der Waals surface area (Å²) in [5, 5.41) is 11.8. The third-order valence-corrected chi connectivity index (χ3v) is 3.36. The number of imidazole rings is 1. The Morgan fingerprint density at radius 2 is 1.96 bits per heavy atom. The third kappa shape index (κ3) is 3.53. The van der Waals surface area contributed by atoms with Crippen LogP contribution < -0.4 is 5.32 Å². The molecule has 10 heteroatoms. The molecule has 25 heavy (non-hydrogen) atoms. The zero-order chi connectivity index (χ0) is 18.2. The number of aromatic nitrogens is 4. The molecule has 0 saturated heterocycles. The maximum absolute atomic E-state index is 13.8. The van der Waals surface area contributed by atoms with Gasteiger partial charge in [-0.3, -0.25) is 0 Å². The summed E-state index contributed by atoms with van der Waals surface area (Å²) in [7, 11) is 0. The third-order valence-electron chi connectivity index (χ3n) is 3.36. The van der Waals surface area contributed by atoms with E-state index in [2.05, 4.69) is 20.3 Å². The summed E-state index contributed by atoms with van der Waals surface area (Å²) in [4.78, 5) is 10.9. The molecule has 0 fully saturated rings. The molecule has 0 amide bonds. The number of benzene rings is 1. The second-order valence-electron chi connectivity index (χ2n) is 5.35. The number of hydrogen-bond donors (Lipinski definition) is 2. The highest BCUT2D eigenvalue weighted by Gasteiger charge is 2.36. The van der Waals surface area contributed by atoms with Crippen molar-refractivity contribution >= 4 is 17.0 Å². The van der Waals surface area contributed by atoms with E-state index in [1.807, 2.05) is 0 Å². The van der Waals surface area contributed by atoms with E-state index in [-0.39, 0.29) is 29.1 Å². The zero-order valence-corrected chi connectivity index (χ0v) is 12.9. The molecule has 1 unspecified atom stereocenters. The Hall–Kier alpha value is -2.75. The van der Waals surface area contributed by atoms with Crippen molar-refractivity contribution in [3.63, 3.8) is 0 Å². The number of aliphatic hydroxyl groups is 1. The standard InChI is InChI=1S/C15H13F4N5O/c1-8(25)21-12-11-13(23-14(22-12)15(17,18)19)24(7-20-11)6-9-4-2-3-5-10(9)16/h2-5,7-8,25H,6H2,1H3,(H,21,22,23). The smallest absolute Gasteiger partial charge is 0.374 e. The minimum atomic E-state index is -4.78. The maximum Gasteiger partial charge on any atom is 0.451 e. The van der Waals surface area contributed by atoms with Gasteiger partial charge in [0.2, 0.25) is 5.82 Å². The molecule has 2 heterocycles. The van der Waals surface area contributed by atoms with Gasteiger partial charge in [-0.1, -0.05) is 18.2 Å². The molecule has 0 aliphatic heterocycles. The Bertz CT molecular complexity index is 907. The lowest BCUT2D eigenvalue weighted by Gasteiger charge is -2.12. The van der Waals surface area contributed by atoms with Crippen molar-refractivity contribution in [2.24, 2.45) is 0 Å². The zero-order valence-electron chi connectivity index (χ0n) is 12.9. The van der Waals surface area contributed by atoms with Crippen molar-refractivity contribution in [2.45, 2.75) is 25.9 Å². The molecule has 1 aromatic carbocycles. The molecular weight excluding hydrogens is 342 g/mol. The van der Waals surface area contributed by atoms with Crippen LogP contribution in [0.2, 0.25) is 0 Å². The number of anilines is 1. The quantitative estimate of drug-likeness (QED) is 0.556. The van der Waals surface area contributed by atoms with Crippen molar-refractivity contribution in [3.05, 3.63) is 47.8 Å². The van der Waals surface area contributed by atoms with Gasteiger partial charge < -0.3 is 15.0 Å². The minimum absolute atomic E-state index is 0.0465. The van der Waals surface area contributed by atoms with E-state index in [0.717, 1.165) is 0 Å². The van der Waals surface area contributed by atoms with Crippen molar-refractivity contribution in [1.29, 1.82) is 0 Å². The second kappa shape index (κ2) is 6.28. The topological polar surface area (TPSA) is 75.9 Å². The second-order valence-corrected chi connectivity index (χ2v) is 5.35. The van der Waals surface area contributed by atoms with Crippen LogP contribution in [-0.4, -0.2) is 30.9 Å². The van der Waals surface area contributed by atoms with Crippen molar-refractivity contribution in [1.82, 2.24) is 19.5 Å². The number of hydrogen-bond acceptors (Lipinski definition) is 5. The maximum atomic E-state index is 13.8. The number of nitrogens with zero attached hydrogens (tertiary/aromatic N) is 4. The lowest BCUT2D eigenvalue weighted by molar-refractivity contribution is -0.144. The lowest BCUT2D eigenvalue weighted by Crippen LogP contribution is -2.19. The van der Waals surface area contributed by atoms with Crippen LogP contribution in [0.15, 0.2) is 30.6 Å². The molecular formula is C15H13F4N5O. The van der Waals surface area contributed by atoms with E-state index >= 15 is 0 Å². The summed E-state index contributed by atoms with van der Waals surface area (Å²) in [6.45, 7) is 1.28. The summed E-state index contributed by atoms with van der Waals surface area (Å²) in [5.41, 5.74) is 0.206. The fourth-order valence-corrected chi connectivity index (χ4v) is 2.30. The first-order valence-electron chi connectivity index (χ1n) is 7.24. The molecule has 1 atom stereocenters. The molecule has 3 rings (SSSR count). The molecule has 3 aromatic rings. The molecule has 2 aromatic heterocycles. The molecule has 2 N–H and O–H groups in total. The van der Waals surface area contributed by atoms with Crippen LogP contribution in [0.25, 0.3) is 11.2 Å². The Labute approximate surface area is 139 Å². The van der Waals surface area contributed by atoms with Crippen molar-refractivity contribution in [3.8, 4) is 0 Å². The fourth-order valence-electron chi connectivity index (χ4n) is 2.30. The molecule has 6 nitrogen and oxygen atoms in total. The number of rotatable bonds is 4. The van der Waals surface area contributed by atoms with Gasteiger partial charge in [0, 0.05) is 5.56 Å². The van der Waals surface area contributed by atoms with Crippen molar-refractivity contribution < 1.29 is 22.7 Å². The van der Waals surface area contributed by atoms with Gasteiger partial charge in [0.25, 0.3) is 0 Å². The van der Waals surface area contributed by atoms with Crippen LogP contribution in [0.1, 0.15) is 18.3 Å². The predicted octanol–water partition coefficient (Wildman–Crippen LogP) is 2.78. The summed E-state index contributed by atoms with van der Waals surface area (Å²) < 4.78 is 54.3. The van der Waals surface area contributed by atoms with E-state index in [1.54, 1.807) is 6.07 Å². The van der Waals surface area contributed by atoms with Crippen LogP contribution in [-0.2, 0) is 12.7 Å². The summed E-state index contributed by atoms with van der Waals surface area (Å²) >= 11 is 0. The van der Waals surface area contributed by atoms with Crippen LogP contribution >= 0.6 is 0 Å². The Morgan fingerprint density at radius 3 is 2.60 bits per heavy atom. The molecule has 132 valence electrons. The average molecular weight is 355 g/mol. The van der Waals surface area contributed by atoms with Gasteiger partial charge in [-0.2, -0.15) is 13.2 Å². The van der Waals surface area contributed by atoms with Crippen LogP contribution in [0.4, 0.5) is 23.4 Å². The number of fused-ring (bicyclic) bond motifs is 1. The normalized spacial score (nSPS) is 13.2. The number of nitrogens with one attached hydrogen (secondary N) is 1. The van der Waals surface area contributed by atoms with Gasteiger partial charge in [-0.15, -0.1) is 0 Å². The van der Waals surface area contributed by atoms with E-state index in [0.29, 0.717) is 0 Å². The molecule has 0 bridgehead atoms. The van der Waals surface area contributed by atoms with Gasteiger partial charge in [0.15, 0.2) is 17.0 Å². The van der Waals surface area contributed by atoms with E-state index in [1.165, 1.54) is 36.0 Å². The van der Waals surface area contributed by atoms with Gasteiger partial charge >= 0.3 is 6.18 Å². The summed E-state index contributed by atoms with van der Waals surface area (Å²) in [5.74, 6) is -2.12. The molecule has 0 saturated carbocycles. The molecule has 0 radical (unpaired) electrons. The summed E-state index contributed by atoms with van der Waals surface area (Å²) in [6.07, 6.45) is -4.67. The Balaban J connectivity index is 2.13.